The Bertz CT molecular complexity index is 568. The second-order valence-corrected chi connectivity index (χ2v) is 5.01. The smallest absolute Gasteiger partial charge is 0.169 e. The molecule has 2 N–H and O–H groups in total. The molecule has 0 unspecified atom stereocenters. The Kier molecular flexibility index (Phi) is 3.30. The molecule has 2 aromatic heterocycles. The lowest BCUT2D eigenvalue weighted by molar-refractivity contribution is 0.596. The molecule has 0 fully saturated rings. The standard InChI is InChI=1S/C11H17ClN6/c1-6(2)9-11(13)14-16-18(9)5-8-7(3)15-17(4)10(8)12/h6H,5,13H2,1-4H3. The lowest BCUT2D eigenvalue weighted by Crippen LogP contribution is -2.09. The van der Waals surface area contributed by atoms with Gasteiger partial charge in [0.1, 0.15) is 5.15 Å². The number of nitrogen functional groups attached to an aromatic ring is 1. The molecule has 0 spiro atoms. The third-order valence-electron chi connectivity index (χ3n) is 2.93. The van der Waals surface area contributed by atoms with Crippen molar-refractivity contribution in [3.8, 4) is 0 Å². The number of halogens is 1. The third-order valence-corrected chi connectivity index (χ3v) is 3.40. The van der Waals surface area contributed by atoms with Crippen molar-refractivity contribution in [2.24, 2.45) is 7.05 Å². The van der Waals surface area contributed by atoms with E-state index in [1.165, 1.54) is 0 Å². The molecule has 0 saturated carbocycles. The molecule has 0 aliphatic carbocycles. The molecule has 0 atom stereocenters. The van der Waals surface area contributed by atoms with Crippen LogP contribution in [0.25, 0.3) is 0 Å². The van der Waals surface area contributed by atoms with Crippen molar-refractivity contribution in [1.82, 2.24) is 24.8 Å². The van der Waals surface area contributed by atoms with Gasteiger partial charge in [0.05, 0.1) is 17.9 Å². The molecule has 0 radical (unpaired) electrons. The second kappa shape index (κ2) is 4.61. The van der Waals surface area contributed by atoms with Crippen molar-refractivity contribution in [2.75, 3.05) is 5.73 Å². The Labute approximate surface area is 111 Å². The number of hydrogen-bond acceptors (Lipinski definition) is 4. The molecule has 0 bridgehead atoms. The van der Waals surface area contributed by atoms with Crippen LogP contribution in [0, 0.1) is 6.92 Å². The largest absolute Gasteiger partial charge is 0.381 e. The highest BCUT2D eigenvalue weighted by Gasteiger charge is 2.18. The number of anilines is 1. The molecule has 0 amide bonds. The molecular formula is C11H17ClN6. The van der Waals surface area contributed by atoms with Gasteiger partial charge in [-0.2, -0.15) is 5.10 Å². The van der Waals surface area contributed by atoms with Crippen LogP contribution in [0.15, 0.2) is 0 Å². The maximum atomic E-state index is 6.21. The van der Waals surface area contributed by atoms with Crippen LogP contribution in [0.5, 0.6) is 0 Å². The quantitative estimate of drug-likeness (QED) is 0.920. The molecular weight excluding hydrogens is 252 g/mol. The summed E-state index contributed by atoms with van der Waals surface area (Å²) in [6.07, 6.45) is 0. The highest BCUT2D eigenvalue weighted by atomic mass is 35.5. The monoisotopic (exact) mass is 268 g/mol. The molecule has 7 heteroatoms. The first-order chi connectivity index (χ1) is 8.41. The van der Waals surface area contributed by atoms with Crippen molar-refractivity contribution in [3.63, 3.8) is 0 Å². The molecule has 0 aliphatic heterocycles. The summed E-state index contributed by atoms with van der Waals surface area (Å²) in [5, 5.41) is 12.9. The van der Waals surface area contributed by atoms with Gasteiger partial charge in [-0.05, 0) is 12.8 Å². The molecule has 2 aromatic rings. The van der Waals surface area contributed by atoms with Crippen molar-refractivity contribution in [3.05, 3.63) is 22.1 Å². The van der Waals surface area contributed by atoms with Gasteiger partial charge in [0.15, 0.2) is 5.82 Å². The average molecular weight is 269 g/mol. The van der Waals surface area contributed by atoms with E-state index in [1.807, 2.05) is 14.0 Å². The zero-order valence-corrected chi connectivity index (χ0v) is 11.7. The molecule has 2 rings (SSSR count). The van der Waals surface area contributed by atoms with Crippen LogP contribution in [0.3, 0.4) is 0 Å². The number of aryl methyl sites for hydroxylation is 2. The summed E-state index contributed by atoms with van der Waals surface area (Å²) < 4.78 is 3.44. The summed E-state index contributed by atoms with van der Waals surface area (Å²) in [5.74, 6) is 0.735. The molecule has 0 aromatic carbocycles. The van der Waals surface area contributed by atoms with Gasteiger partial charge in [-0.15, -0.1) is 5.10 Å². The van der Waals surface area contributed by atoms with E-state index in [0.29, 0.717) is 17.5 Å². The van der Waals surface area contributed by atoms with Crippen LogP contribution >= 0.6 is 11.6 Å². The fourth-order valence-corrected chi connectivity index (χ4v) is 2.28. The Hall–Kier alpha value is -1.56. The van der Waals surface area contributed by atoms with Gasteiger partial charge in [0.25, 0.3) is 0 Å². The van der Waals surface area contributed by atoms with E-state index < -0.39 is 0 Å². The predicted molar refractivity (Wildman–Crippen MR) is 70.6 cm³/mol. The van der Waals surface area contributed by atoms with Crippen LogP contribution < -0.4 is 5.73 Å². The van der Waals surface area contributed by atoms with Gasteiger partial charge in [-0.3, -0.25) is 4.68 Å². The molecule has 0 saturated heterocycles. The molecule has 6 nitrogen and oxygen atoms in total. The summed E-state index contributed by atoms with van der Waals surface area (Å²) in [5.41, 5.74) is 8.60. The normalized spacial score (nSPS) is 11.4. The van der Waals surface area contributed by atoms with Gasteiger partial charge in [-0.1, -0.05) is 30.7 Å². The minimum Gasteiger partial charge on any atom is -0.381 e. The van der Waals surface area contributed by atoms with E-state index in [9.17, 15) is 0 Å². The van der Waals surface area contributed by atoms with E-state index >= 15 is 0 Å². The summed E-state index contributed by atoms with van der Waals surface area (Å²) in [7, 11) is 1.82. The van der Waals surface area contributed by atoms with Crippen LogP contribution in [0.1, 0.15) is 36.7 Å². The van der Waals surface area contributed by atoms with Crippen molar-refractivity contribution in [1.29, 1.82) is 0 Å². The predicted octanol–water partition coefficient (Wildman–Crippen LogP) is 1.73. The van der Waals surface area contributed by atoms with Crippen LogP contribution in [0.2, 0.25) is 5.15 Å². The number of aromatic nitrogens is 5. The van der Waals surface area contributed by atoms with Crippen LogP contribution in [-0.4, -0.2) is 24.8 Å². The number of rotatable bonds is 3. The van der Waals surface area contributed by atoms with E-state index in [1.54, 1.807) is 9.36 Å². The van der Waals surface area contributed by atoms with E-state index in [4.69, 9.17) is 17.3 Å². The highest BCUT2D eigenvalue weighted by Crippen LogP contribution is 2.24. The van der Waals surface area contributed by atoms with Gasteiger partial charge >= 0.3 is 0 Å². The first-order valence-electron chi connectivity index (χ1n) is 5.78. The summed E-state index contributed by atoms with van der Waals surface area (Å²) >= 11 is 6.21. The first kappa shape index (κ1) is 12.9. The number of hydrogen-bond donors (Lipinski definition) is 1. The molecule has 98 valence electrons. The zero-order valence-electron chi connectivity index (χ0n) is 11.0. The minimum absolute atomic E-state index is 0.260. The topological polar surface area (TPSA) is 74.5 Å². The van der Waals surface area contributed by atoms with Gasteiger partial charge < -0.3 is 5.73 Å². The Balaban J connectivity index is 2.40. The van der Waals surface area contributed by atoms with Crippen LogP contribution in [-0.2, 0) is 13.6 Å². The molecule has 0 aliphatic rings. The maximum Gasteiger partial charge on any atom is 0.169 e. The summed E-state index contributed by atoms with van der Waals surface area (Å²) in [6, 6.07) is 0. The average Bonchev–Trinajstić information content (AvgIpc) is 2.75. The Morgan fingerprint density at radius 3 is 2.56 bits per heavy atom. The zero-order chi connectivity index (χ0) is 13.4. The highest BCUT2D eigenvalue weighted by molar-refractivity contribution is 6.30. The summed E-state index contributed by atoms with van der Waals surface area (Å²) in [6.45, 7) is 6.58. The number of nitrogens with two attached hydrogens (primary N) is 1. The molecule has 18 heavy (non-hydrogen) atoms. The maximum absolute atomic E-state index is 6.21. The van der Waals surface area contributed by atoms with Crippen LogP contribution in [0.4, 0.5) is 5.82 Å². The van der Waals surface area contributed by atoms with Crippen molar-refractivity contribution < 1.29 is 0 Å². The fourth-order valence-electron chi connectivity index (χ4n) is 2.05. The van der Waals surface area contributed by atoms with Gasteiger partial charge in [0, 0.05) is 12.6 Å². The SMILES string of the molecule is Cc1nn(C)c(Cl)c1Cn1nnc(N)c1C(C)C. The van der Waals surface area contributed by atoms with Gasteiger partial charge in [-0.25, -0.2) is 4.68 Å². The van der Waals surface area contributed by atoms with Gasteiger partial charge in [0.2, 0.25) is 0 Å². The number of nitrogens with zero attached hydrogens (tertiary/aromatic N) is 5. The molecule has 2 heterocycles. The fraction of sp³-hybridized carbons (Fsp3) is 0.545. The second-order valence-electron chi connectivity index (χ2n) is 4.65. The first-order valence-corrected chi connectivity index (χ1v) is 6.16. The Morgan fingerprint density at radius 2 is 2.06 bits per heavy atom. The van der Waals surface area contributed by atoms with E-state index in [2.05, 4.69) is 29.3 Å². The Morgan fingerprint density at radius 1 is 1.39 bits per heavy atom. The lowest BCUT2D eigenvalue weighted by Gasteiger charge is -2.09. The van der Waals surface area contributed by atoms with Crippen molar-refractivity contribution >= 4 is 17.4 Å². The minimum atomic E-state index is 0.260. The third kappa shape index (κ3) is 2.08. The lowest BCUT2D eigenvalue weighted by atomic mass is 10.1. The van der Waals surface area contributed by atoms with E-state index in [-0.39, 0.29) is 5.92 Å². The van der Waals surface area contributed by atoms with Crippen molar-refractivity contribution in [2.45, 2.75) is 33.2 Å². The van der Waals surface area contributed by atoms with E-state index in [0.717, 1.165) is 17.0 Å². The summed E-state index contributed by atoms with van der Waals surface area (Å²) in [4.78, 5) is 0.